The van der Waals surface area contributed by atoms with Crippen molar-refractivity contribution in [1.82, 2.24) is 0 Å². The zero-order chi connectivity index (χ0) is 9.52. The summed E-state index contributed by atoms with van der Waals surface area (Å²) in [6.45, 7) is 6.62. The number of unbranched alkanes of at least 4 members (excludes halogenated alkanes) is 1. The van der Waals surface area contributed by atoms with E-state index in [-0.39, 0.29) is 0 Å². The highest BCUT2D eigenvalue weighted by molar-refractivity contribution is 5.49. The van der Waals surface area contributed by atoms with E-state index >= 15 is 0 Å². The van der Waals surface area contributed by atoms with E-state index in [1.807, 2.05) is 18.2 Å². The molecular formula is C12H15O. The molecule has 0 bridgehead atoms. The Balaban J connectivity index is 2.51. The number of ether oxygens (including phenoxy) is 1. The van der Waals surface area contributed by atoms with Crippen LogP contribution in [0.4, 0.5) is 0 Å². The first-order valence-electron chi connectivity index (χ1n) is 4.63. The molecule has 69 valence electrons. The van der Waals surface area contributed by atoms with E-state index in [0.29, 0.717) is 0 Å². The van der Waals surface area contributed by atoms with Crippen molar-refractivity contribution in [2.45, 2.75) is 19.8 Å². The van der Waals surface area contributed by atoms with Crippen molar-refractivity contribution >= 4 is 6.08 Å². The van der Waals surface area contributed by atoms with Crippen molar-refractivity contribution in [2.75, 3.05) is 6.61 Å². The second kappa shape index (κ2) is 5.41. The topological polar surface area (TPSA) is 9.23 Å². The predicted molar refractivity (Wildman–Crippen MR) is 55.8 cm³/mol. The van der Waals surface area contributed by atoms with Gasteiger partial charge in [-0.05, 0) is 36.2 Å². The highest BCUT2D eigenvalue weighted by Crippen LogP contribution is 2.13. The summed E-state index contributed by atoms with van der Waals surface area (Å²) in [6.07, 6.45) is 4.05. The van der Waals surface area contributed by atoms with Crippen molar-refractivity contribution in [3.8, 4) is 5.75 Å². The number of rotatable bonds is 5. The van der Waals surface area contributed by atoms with Gasteiger partial charge >= 0.3 is 0 Å². The van der Waals surface area contributed by atoms with Crippen LogP contribution < -0.4 is 4.74 Å². The molecule has 1 aromatic carbocycles. The van der Waals surface area contributed by atoms with Gasteiger partial charge in [-0.25, -0.2) is 0 Å². The molecule has 0 aliphatic rings. The molecule has 0 amide bonds. The highest BCUT2D eigenvalue weighted by Gasteiger charge is 1.93. The average molecular weight is 175 g/mol. The van der Waals surface area contributed by atoms with Crippen LogP contribution in [0.15, 0.2) is 24.8 Å². The fourth-order valence-corrected chi connectivity index (χ4v) is 1.00. The molecule has 0 saturated heterocycles. The van der Waals surface area contributed by atoms with Crippen molar-refractivity contribution in [3.05, 3.63) is 36.4 Å². The maximum absolute atomic E-state index is 5.51. The lowest BCUT2D eigenvalue weighted by molar-refractivity contribution is 0.309. The summed E-state index contributed by atoms with van der Waals surface area (Å²) in [5, 5.41) is 0. The van der Waals surface area contributed by atoms with Crippen molar-refractivity contribution in [3.63, 3.8) is 0 Å². The number of benzene rings is 1. The Labute approximate surface area is 80.0 Å². The average Bonchev–Trinajstić information content (AvgIpc) is 2.19. The monoisotopic (exact) mass is 175 g/mol. The van der Waals surface area contributed by atoms with Gasteiger partial charge in [0.05, 0.1) is 6.61 Å². The third kappa shape index (κ3) is 3.32. The molecule has 0 aliphatic heterocycles. The van der Waals surface area contributed by atoms with Gasteiger partial charge in [-0.3, -0.25) is 0 Å². The minimum absolute atomic E-state index is 0.783. The molecule has 1 nitrogen and oxygen atoms in total. The van der Waals surface area contributed by atoms with Crippen LogP contribution in [0.3, 0.4) is 0 Å². The fraction of sp³-hybridized carbons (Fsp3) is 0.333. The molecule has 13 heavy (non-hydrogen) atoms. The SMILES string of the molecule is C=Cc1c[c]cc(OCCCC)c1. The second-order valence-corrected chi connectivity index (χ2v) is 2.91. The van der Waals surface area contributed by atoms with Gasteiger partial charge in [0.2, 0.25) is 0 Å². The standard InChI is InChI=1S/C12H15O/c1-3-5-9-13-12-8-6-7-11(4-2)10-12/h4,7-8,10H,2-3,5,9H2,1H3. The van der Waals surface area contributed by atoms with Gasteiger partial charge in [-0.2, -0.15) is 0 Å². The minimum atomic E-state index is 0.783. The van der Waals surface area contributed by atoms with Crippen LogP contribution >= 0.6 is 0 Å². The maximum Gasteiger partial charge on any atom is 0.120 e. The number of hydrogen-bond acceptors (Lipinski definition) is 1. The maximum atomic E-state index is 5.51. The van der Waals surface area contributed by atoms with Crippen LogP contribution in [-0.4, -0.2) is 6.61 Å². The summed E-state index contributed by atoms with van der Waals surface area (Å²) in [6, 6.07) is 8.72. The molecule has 0 aromatic heterocycles. The highest BCUT2D eigenvalue weighted by atomic mass is 16.5. The van der Waals surface area contributed by atoms with E-state index in [1.54, 1.807) is 6.08 Å². The molecule has 1 radical (unpaired) electrons. The lowest BCUT2D eigenvalue weighted by Gasteiger charge is -2.04. The minimum Gasteiger partial charge on any atom is -0.494 e. The normalized spacial score (nSPS) is 9.62. The lowest BCUT2D eigenvalue weighted by Crippen LogP contribution is -1.96. The van der Waals surface area contributed by atoms with Gasteiger partial charge in [0.1, 0.15) is 5.75 Å². The van der Waals surface area contributed by atoms with Crippen LogP contribution in [0.25, 0.3) is 6.08 Å². The number of hydrogen-bond donors (Lipinski definition) is 0. The zero-order valence-corrected chi connectivity index (χ0v) is 8.05. The Hall–Kier alpha value is -1.24. The predicted octanol–water partition coefficient (Wildman–Crippen LogP) is 3.31. The first-order valence-corrected chi connectivity index (χ1v) is 4.63. The third-order valence-electron chi connectivity index (χ3n) is 1.79. The molecule has 0 heterocycles. The summed E-state index contributed by atoms with van der Waals surface area (Å²) in [7, 11) is 0. The molecule has 0 saturated carbocycles. The first-order chi connectivity index (χ1) is 6.36. The first kappa shape index (κ1) is 9.85. The summed E-state index contributed by atoms with van der Waals surface area (Å²) in [5.74, 6) is 0.880. The molecule has 1 rings (SSSR count). The van der Waals surface area contributed by atoms with Crippen molar-refractivity contribution < 1.29 is 4.74 Å². The van der Waals surface area contributed by atoms with Crippen LogP contribution in [0.1, 0.15) is 25.3 Å². The molecule has 0 atom stereocenters. The fourth-order valence-electron chi connectivity index (χ4n) is 1.00. The van der Waals surface area contributed by atoms with E-state index < -0.39 is 0 Å². The quantitative estimate of drug-likeness (QED) is 0.624. The Morgan fingerprint density at radius 2 is 2.38 bits per heavy atom. The zero-order valence-electron chi connectivity index (χ0n) is 8.05. The van der Waals surface area contributed by atoms with Crippen LogP contribution in [0, 0.1) is 6.07 Å². The molecule has 0 unspecified atom stereocenters. The largest absolute Gasteiger partial charge is 0.494 e. The Morgan fingerprint density at radius 3 is 3.08 bits per heavy atom. The van der Waals surface area contributed by atoms with Gasteiger partial charge in [-0.1, -0.05) is 26.0 Å². The van der Waals surface area contributed by atoms with Crippen LogP contribution in [0.5, 0.6) is 5.75 Å². The van der Waals surface area contributed by atoms with Crippen molar-refractivity contribution in [1.29, 1.82) is 0 Å². The molecule has 1 heteroatoms. The summed E-state index contributed by atoms with van der Waals surface area (Å²) in [5.41, 5.74) is 1.05. The Bertz CT molecular complexity index is 266. The molecule has 0 N–H and O–H groups in total. The molecular weight excluding hydrogens is 160 g/mol. The van der Waals surface area contributed by atoms with Gasteiger partial charge in [-0.15, -0.1) is 0 Å². The molecule has 0 fully saturated rings. The third-order valence-corrected chi connectivity index (χ3v) is 1.79. The van der Waals surface area contributed by atoms with E-state index in [4.69, 9.17) is 4.74 Å². The van der Waals surface area contributed by atoms with Crippen molar-refractivity contribution in [2.24, 2.45) is 0 Å². The smallest absolute Gasteiger partial charge is 0.120 e. The lowest BCUT2D eigenvalue weighted by atomic mass is 10.2. The summed E-state index contributed by atoms with van der Waals surface area (Å²) in [4.78, 5) is 0. The van der Waals surface area contributed by atoms with Gasteiger partial charge < -0.3 is 4.74 Å². The summed E-state index contributed by atoms with van der Waals surface area (Å²) >= 11 is 0. The van der Waals surface area contributed by atoms with Crippen LogP contribution in [-0.2, 0) is 0 Å². The van der Waals surface area contributed by atoms with E-state index in [0.717, 1.165) is 30.8 Å². The van der Waals surface area contributed by atoms with E-state index in [1.165, 1.54) is 0 Å². The van der Waals surface area contributed by atoms with Gasteiger partial charge in [0.15, 0.2) is 0 Å². The van der Waals surface area contributed by atoms with E-state index in [9.17, 15) is 0 Å². The van der Waals surface area contributed by atoms with Crippen LogP contribution in [0.2, 0.25) is 0 Å². The molecule has 1 aromatic rings. The summed E-state index contributed by atoms with van der Waals surface area (Å²) < 4.78 is 5.51. The Morgan fingerprint density at radius 1 is 1.54 bits per heavy atom. The Kier molecular flexibility index (Phi) is 4.10. The molecule has 0 spiro atoms. The van der Waals surface area contributed by atoms with E-state index in [2.05, 4.69) is 19.6 Å². The molecule has 0 aliphatic carbocycles. The second-order valence-electron chi connectivity index (χ2n) is 2.91. The van der Waals surface area contributed by atoms with Gasteiger partial charge in [0, 0.05) is 0 Å². The van der Waals surface area contributed by atoms with Gasteiger partial charge in [0.25, 0.3) is 0 Å².